The fourth-order valence-corrected chi connectivity index (χ4v) is 2.92. The van der Waals surface area contributed by atoms with Crippen LogP contribution in [-0.2, 0) is 6.18 Å². The summed E-state index contributed by atoms with van der Waals surface area (Å²) in [5.41, 5.74) is -0.406. The molecule has 0 aromatic carbocycles. The molecular formula is C13H14F3N3O2. The molecule has 1 amide bonds. The molecule has 1 atom stereocenters. The fourth-order valence-electron chi connectivity index (χ4n) is 2.92. The number of hydrogen-bond donors (Lipinski definition) is 2. The molecule has 0 unspecified atom stereocenters. The van der Waals surface area contributed by atoms with Gasteiger partial charge in [0.1, 0.15) is 5.69 Å². The lowest BCUT2D eigenvalue weighted by Gasteiger charge is -2.18. The van der Waals surface area contributed by atoms with Crippen molar-refractivity contribution in [2.24, 2.45) is 5.41 Å². The second-order valence-electron chi connectivity index (χ2n) is 5.64. The molecule has 2 aliphatic rings. The van der Waals surface area contributed by atoms with Gasteiger partial charge in [0.2, 0.25) is 0 Å². The normalized spacial score (nSPS) is 23.4. The van der Waals surface area contributed by atoms with E-state index in [1.165, 1.54) is 12.3 Å². The Hall–Kier alpha value is -1.99. The molecule has 2 heterocycles. The van der Waals surface area contributed by atoms with Crippen LogP contribution in [-0.4, -0.2) is 35.3 Å². The van der Waals surface area contributed by atoms with Crippen LogP contribution in [0.4, 0.5) is 23.7 Å². The zero-order valence-corrected chi connectivity index (χ0v) is 11.0. The molecule has 1 aromatic rings. The maximum Gasteiger partial charge on any atom is 0.433 e. The summed E-state index contributed by atoms with van der Waals surface area (Å²) in [5, 5.41) is 11.4. The van der Waals surface area contributed by atoms with Crippen LogP contribution < -0.4 is 10.2 Å². The van der Waals surface area contributed by atoms with E-state index in [4.69, 9.17) is 5.11 Å². The quantitative estimate of drug-likeness (QED) is 0.880. The molecule has 1 spiro atoms. The number of alkyl halides is 3. The largest absolute Gasteiger partial charge is 0.465 e. The van der Waals surface area contributed by atoms with Crippen molar-refractivity contribution >= 4 is 11.8 Å². The standard InChI is InChI=1S/C13H14F3N3O2/c14-13(15,16)9-2-1-8(5-17-9)19-6-10(18-11(20)21)12(7-19)3-4-12/h1-2,5,10,18H,3-4,6-7H2,(H,20,21)/t10-/m0/s1. The van der Waals surface area contributed by atoms with Gasteiger partial charge in [0.25, 0.3) is 0 Å². The van der Waals surface area contributed by atoms with E-state index in [1.807, 2.05) is 4.90 Å². The Morgan fingerprint density at radius 2 is 2.14 bits per heavy atom. The van der Waals surface area contributed by atoms with Crippen LogP contribution in [0.15, 0.2) is 18.3 Å². The van der Waals surface area contributed by atoms with Gasteiger partial charge in [0.15, 0.2) is 0 Å². The van der Waals surface area contributed by atoms with Crippen molar-refractivity contribution < 1.29 is 23.1 Å². The van der Waals surface area contributed by atoms with Gasteiger partial charge in [-0.25, -0.2) is 9.78 Å². The zero-order valence-electron chi connectivity index (χ0n) is 11.0. The van der Waals surface area contributed by atoms with Crippen molar-refractivity contribution in [1.82, 2.24) is 10.3 Å². The molecule has 1 aliphatic heterocycles. The molecule has 1 saturated heterocycles. The lowest BCUT2D eigenvalue weighted by molar-refractivity contribution is -0.141. The van der Waals surface area contributed by atoms with Crippen molar-refractivity contribution in [3.05, 3.63) is 24.0 Å². The summed E-state index contributed by atoms with van der Waals surface area (Å²) in [5.74, 6) is 0. The van der Waals surface area contributed by atoms with E-state index in [9.17, 15) is 18.0 Å². The van der Waals surface area contributed by atoms with Crippen molar-refractivity contribution in [2.45, 2.75) is 25.1 Å². The highest BCUT2D eigenvalue weighted by atomic mass is 19.4. The number of pyridine rings is 1. The first-order valence-corrected chi connectivity index (χ1v) is 6.58. The number of aromatic nitrogens is 1. The highest BCUT2D eigenvalue weighted by Gasteiger charge is 2.55. The topological polar surface area (TPSA) is 65.5 Å². The van der Waals surface area contributed by atoms with Gasteiger partial charge in [0, 0.05) is 18.5 Å². The van der Waals surface area contributed by atoms with E-state index in [-0.39, 0.29) is 11.5 Å². The number of nitrogens with one attached hydrogen (secondary N) is 1. The number of amides is 1. The second-order valence-corrected chi connectivity index (χ2v) is 5.64. The van der Waals surface area contributed by atoms with Gasteiger partial charge in [-0.15, -0.1) is 0 Å². The summed E-state index contributed by atoms with van der Waals surface area (Å²) in [7, 11) is 0. The van der Waals surface area contributed by atoms with Crippen LogP contribution >= 0.6 is 0 Å². The molecule has 5 nitrogen and oxygen atoms in total. The molecule has 0 radical (unpaired) electrons. The summed E-state index contributed by atoms with van der Waals surface area (Å²) >= 11 is 0. The monoisotopic (exact) mass is 301 g/mol. The third-order valence-electron chi connectivity index (χ3n) is 4.24. The van der Waals surface area contributed by atoms with Gasteiger partial charge in [-0.1, -0.05) is 0 Å². The average molecular weight is 301 g/mol. The van der Waals surface area contributed by atoms with E-state index in [1.54, 1.807) is 0 Å². The minimum atomic E-state index is -4.45. The van der Waals surface area contributed by atoms with Crippen molar-refractivity contribution in [2.75, 3.05) is 18.0 Å². The first-order chi connectivity index (χ1) is 9.80. The second kappa shape index (κ2) is 4.51. The van der Waals surface area contributed by atoms with E-state index < -0.39 is 18.0 Å². The van der Waals surface area contributed by atoms with Crippen LogP contribution in [0.1, 0.15) is 18.5 Å². The molecule has 1 aliphatic carbocycles. The van der Waals surface area contributed by atoms with E-state index in [0.717, 1.165) is 18.9 Å². The Morgan fingerprint density at radius 1 is 1.43 bits per heavy atom. The Kier molecular flexibility index (Phi) is 3.00. The number of hydrogen-bond acceptors (Lipinski definition) is 3. The molecule has 3 rings (SSSR count). The molecule has 1 aromatic heterocycles. The lowest BCUT2D eigenvalue weighted by atomic mass is 10.0. The van der Waals surface area contributed by atoms with Crippen LogP contribution in [0.25, 0.3) is 0 Å². The molecule has 8 heteroatoms. The predicted molar refractivity (Wildman–Crippen MR) is 68.1 cm³/mol. The van der Waals surface area contributed by atoms with Crippen molar-refractivity contribution in [3.63, 3.8) is 0 Å². The van der Waals surface area contributed by atoms with Gasteiger partial charge in [-0.2, -0.15) is 13.2 Å². The van der Waals surface area contributed by atoms with Crippen molar-refractivity contribution in [3.8, 4) is 0 Å². The number of anilines is 1. The van der Waals surface area contributed by atoms with Crippen LogP contribution in [0.2, 0.25) is 0 Å². The van der Waals surface area contributed by atoms with Crippen LogP contribution in [0, 0.1) is 5.41 Å². The Labute approximate surface area is 118 Å². The fraction of sp³-hybridized carbons (Fsp3) is 0.538. The first kappa shape index (κ1) is 14.0. The van der Waals surface area contributed by atoms with Gasteiger partial charge < -0.3 is 15.3 Å². The van der Waals surface area contributed by atoms with Gasteiger partial charge in [-0.3, -0.25) is 0 Å². The van der Waals surface area contributed by atoms with E-state index >= 15 is 0 Å². The smallest absolute Gasteiger partial charge is 0.433 e. The first-order valence-electron chi connectivity index (χ1n) is 6.58. The third kappa shape index (κ3) is 2.62. The van der Waals surface area contributed by atoms with Crippen LogP contribution in [0.5, 0.6) is 0 Å². The number of carboxylic acid groups (broad SMARTS) is 1. The maximum absolute atomic E-state index is 12.5. The van der Waals surface area contributed by atoms with Crippen molar-refractivity contribution in [1.29, 1.82) is 0 Å². The summed E-state index contributed by atoms with van der Waals surface area (Å²) in [6, 6.07) is 2.15. The lowest BCUT2D eigenvalue weighted by Crippen LogP contribution is -2.40. The molecule has 114 valence electrons. The van der Waals surface area contributed by atoms with E-state index in [2.05, 4.69) is 10.3 Å². The molecule has 21 heavy (non-hydrogen) atoms. The Balaban J connectivity index is 1.75. The number of rotatable bonds is 2. The Morgan fingerprint density at radius 3 is 2.62 bits per heavy atom. The zero-order chi connectivity index (χ0) is 15.3. The number of halogens is 3. The third-order valence-corrected chi connectivity index (χ3v) is 4.24. The molecule has 0 bridgehead atoms. The summed E-state index contributed by atoms with van der Waals surface area (Å²) in [6.45, 7) is 1.10. The highest BCUT2D eigenvalue weighted by molar-refractivity contribution is 5.66. The SMILES string of the molecule is O=C(O)N[C@H]1CN(c2ccc(C(F)(F)F)nc2)CC12CC2. The van der Waals surface area contributed by atoms with Gasteiger partial charge in [-0.05, 0) is 25.0 Å². The predicted octanol–water partition coefficient (Wildman–Crippen LogP) is 2.34. The summed E-state index contributed by atoms with van der Waals surface area (Å²) < 4.78 is 37.5. The minimum Gasteiger partial charge on any atom is -0.465 e. The van der Waals surface area contributed by atoms with Crippen LogP contribution in [0.3, 0.4) is 0 Å². The number of carbonyl (C=O) groups is 1. The number of nitrogens with zero attached hydrogens (tertiary/aromatic N) is 2. The van der Waals surface area contributed by atoms with Gasteiger partial charge in [0.05, 0.1) is 17.9 Å². The summed E-state index contributed by atoms with van der Waals surface area (Å²) in [6.07, 6.45) is -2.46. The Bertz CT molecular complexity index is 555. The highest BCUT2D eigenvalue weighted by Crippen LogP contribution is 2.53. The molecule has 2 fully saturated rings. The minimum absolute atomic E-state index is 0.0684. The molecule has 2 N–H and O–H groups in total. The van der Waals surface area contributed by atoms with E-state index in [0.29, 0.717) is 18.8 Å². The molecular weight excluding hydrogens is 287 g/mol. The van der Waals surface area contributed by atoms with Gasteiger partial charge >= 0.3 is 12.3 Å². The summed E-state index contributed by atoms with van der Waals surface area (Å²) in [4.78, 5) is 16.1. The molecule has 1 saturated carbocycles. The average Bonchev–Trinajstić information content (AvgIpc) is 3.08. The maximum atomic E-state index is 12.5.